The number of nitrogens with one attached hydrogen (secondary N) is 1. The number of ether oxygens (including phenoxy) is 1. The molecule has 0 saturated carbocycles. The Morgan fingerprint density at radius 3 is 2.74 bits per heavy atom. The summed E-state index contributed by atoms with van der Waals surface area (Å²) in [6.45, 7) is 9.31. The number of thioether (sulfide) groups is 1. The smallest absolute Gasteiger partial charge is 0.283 e. The van der Waals surface area contributed by atoms with E-state index in [1.807, 2.05) is 39.0 Å². The first-order valence-electron chi connectivity index (χ1n) is 11.6. The predicted molar refractivity (Wildman–Crippen MR) is 143 cm³/mol. The molecule has 0 saturated heterocycles. The first-order chi connectivity index (χ1) is 16.9. The van der Waals surface area contributed by atoms with Crippen molar-refractivity contribution in [2.45, 2.75) is 40.7 Å². The van der Waals surface area contributed by atoms with Crippen LogP contribution >= 0.6 is 11.8 Å². The van der Waals surface area contributed by atoms with Gasteiger partial charge >= 0.3 is 0 Å². The van der Waals surface area contributed by atoms with Gasteiger partial charge in [0.15, 0.2) is 5.84 Å². The van der Waals surface area contributed by atoms with Crippen LogP contribution in [0.4, 0.5) is 0 Å². The number of benzene rings is 2. The van der Waals surface area contributed by atoms with E-state index in [1.54, 1.807) is 6.08 Å². The number of carbonyl (C=O) groups is 1. The van der Waals surface area contributed by atoms with Crippen LogP contribution in [0.25, 0.3) is 17.0 Å². The quantitative estimate of drug-likeness (QED) is 0.456. The largest absolute Gasteiger partial charge is 0.491 e. The van der Waals surface area contributed by atoms with Crippen LogP contribution in [0.5, 0.6) is 5.75 Å². The second kappa shape index (κ2) is 9.19. The van der Waals surface area contributed by atoms with Crippen LogP contribution in [-0.2, 0) is 11.3 Å². The van der Waals surface area contributed by atoms with Crippen LogP contribution in [0.15, 0.2) is 58.1 Å². The van der Waals surface area contributed by atoms with E-state index in [4.69, 9.17) is 10.1 Å². The van der Waals surface area contributed by atoms with Gasteiger partial charge in [-0.15, -0.1) is 0 Å². The molecule has 2 aromatic carbocycles. The molecule has 1 amide bonds. The summed E-state index contributed by atoms with van der Waals surface area (Å²) in [4.78, 5) is 17.1. The molecular formula is C27H27N5O2S. The first kappa shape index (κ1) is 23.1. The van der Waals surface area contributed by atoms with Gasteiger partial charge in [0.25, 0.3) is 5.91 Å². The molecule has 0 fully saturated rings. The summed E-state index contributed by atoms with van der Waals surface area (Å²) in [5, 5.41) is 16.9. The highest BCUT2D eigenvalue weighted by atomic mass is 32.2. The van der Waals surface area contributed by atoms with Gasteiger partial charge in [-0.3, -0.25) is 10.2 Å². The molecular weight excluding hydrogens is 458 g/mol. The van der Waals surface area contributed by atoms with Gasteiger partial charge in [-0.05, 0) is 68.3 Å². The van der Waals surface area contributed by atoms with Crippen LogP contribution in [0.1, 0.15) is 35.7 Å². The number of hydrogen-bond acceptors (Lipinski definition) is 5. The number of carbonyl (C=O) groups excluding carboxylic acids is 1. The Balaban J connectivity index is 1.48. The molecule has 178 valence electrons. The summed E-state index contributed by atoms with van der Waals surface area (Å²) >= 11 is 1.35. The minimum absolute atomic E-state index is 0.0606. The maximum Gasteiger partial charge on any atom is 0.283 e. The van der Waals surface area contributed by atoms with E-state index in [1.165, 1.54) is 22.3 Å². The molecule has 35 heavy (non-hydrogen) atoms. The fourth-order valence-corrected chi connectivity index (χ4v) is 5.18. The zero-order chi connectivity index (χ0) is 24.7. The molecule has 3 aromatic rings. The zero-order valence-corrected chi connectivity index (χ0v) is 21.1. The lowest BCUT2D eigenvalue weighted by Crippen LogP contribution is -2.35. The Kier molecular flexibility index (Phi) is 6.06. The van der Waals surface area contributed by atoms with Gasteiger partial charge in [-0.2, -0.15) is 15.1 Å². The molecule has 0 aliphatic carbocycles. The van der Waals surface area contributed by atoms with Gasteiger partial charge in [-0.1, -0.05) is 37.3 Å². The average molecular weight is 486 g/mol. The van der Waals surface area contributed by atoms with Gasteiger partial charge in [0.1, 0.15) is 17.4 Å². The van der Waals surface area contributed by atoms with Gasteiger partial charge in [0.2, 0.25) is 5.17 Å². The Morgan fingerprint density at radius 2 is 1.94 bits per heavy atom. The minimum atomic E-state index is -0.407. The second-order valence-electron chi connectivity index (χ2n) is 8.65. The van der Waals surface area contributed by atoms with Crippen molar-refractivity contribution in [2.24, 2.45) is 10.1 Å². The number of aromatic nitrogens is 1. The molecule has 2 aliphatic rings. The molecule has 1 N–H and O–H groups in total. The maximum atomic E-state index is 12.9. The number of aliphatic imine (C=N–C) groups is 1. The predicted octanol–water partition coefficient (Wildman–Crippen LogP) is 5.67. The fourth-order valence-electron chi connectivity index (χ4n) is 4.36. The van der Waals surface area contributed by atoms with Crippen molar-refractivity contribution >= 4 is 50.7 Å². The Hall–Kier alpha value is -3.65. The number of hydrogen-bond donors (Lipinski definition) is 1. The van der Waals surface area contributed by atoms with E-state index in [0.717, 1.165) is 44.9 Å². The highest BCUT2D eigenvalue weighted by Gasteiger charge is 2.35. The highest BCUT2D eigenvalue weighted by molar-refractivity contribution is 8.26. The Morgan fingerprint density at radius 1 is 1.14 bits per heavy atom. The van der Waals surface area contributed by atoms with Crippen LogP contribution < -0.4 is 4.74 Å². The number of amidine groups is 2. The average Bonchev–Trinajstić information content (AvgIpc) is 3.38. The van der Waals surface area contributed by atoms with Gasteiger partial charge < -0.3 is 9.30 Å². The van der Waals surface area contributed by atoms with Crippen molar-refractivity contribution in [1.82, 2.24) is 9.58 Å². The third-order valence-electron chi connectivity index (χ3n) is 6.28. The molecule has 0 unspecified atom stereocenters. The second-order valence-corrected chi connectivity index (χ2v) is 9.69. The summed E-state index contributed by atoms with van der Waals surface area (Å²) in [7, 11) is 0. The summed E-state index contributed by atoms with van der Waals surface area (Å²) in [6, 6.07) is 14.3. The monoisotopic (exact) mass is 485 g/mol. The Labute approximate surface area is 208 Å². The number of nitrogens with zero attached hydrogens (tertiary/aromatic N) is 4. The van der Waals surface area contributed by atoms with E-state index in [2.05, 4.69) is 45.9 Å². The minimum Gasteiger partial charge on any atom is -0.491 e. The number of aryl methyl sites for hydroxylation is 2. The lowest BCUT2D eigenvalue weighted by atomic mass is 10.1. The molecule has 0 spiro atoms. The van der Waals surface area contributed by atoms with E-state index < -0.39 is 5.91 Å². The van der Waals surface area contributed by atoms with Crippen LogP contribution in [0, 0.1) is 26.2 Å². The fraction of sp³-hybridized carbons (Fsp3) is 0.259. The number of hydrazone groups is 1. The lowest BCUT2D eigenvalue weighted by Gasteiger charge is -2.20. The summed E-state index contributed by atoms with van der Waals surface area (Å²) < 4.78 is 8.33. The Bertz CT molecular complexity index is 1460. The molecule has 1 aromatic heterocycles. The third kappa shape index (κ3) is 4.18. The third-order valence-corrected chi connectivity index (χ3v) is 7.34. The van der Waals surface area contributed by atoms with Crippen molar-refractivity contribution in [1.29, 1.82) is 5.41 Å². The van der Waals surface area contributed by atoms with Crippen molar-refractivity contribution in [3.63, 3.8) is 0 Å². The molecule has 0 atom stereocenters. The summed E-state index contributed by atoms with van der Waals surface area (Å²) in [6.07, 6.45) is 2.52. The van der Waals surface area contributed by atoms with Gasteiger partial charge in [0, 0.05) is 22.2 Å². The molecule has 7 nitrogen and oxygen atoms in total. The van der Waals surface area contributed by atoms with Crippen molar-refractivity contribution in [2.75, 3.05) is 6.61 Å². The summed E-state index contributed by atoms with van der Waals surface area (Å²) in [5.41, 5.74) is 5.49. The van der Waals surface area contributed by atoms with E-state index in [0.29, 0.717) is 18.3 Å². The molecule has 0 radical (unpaired) electrons. The topological polar surface area (TPSA) is 83.0 Å². The van der Waals surface area contributed by atoms with Crippen LogP contribution in [0.2, 0.25) is 0 Å². The van der Waals surface area contributed by atoms with Gasteiger partial charge in [-0.25, -0.2) is 0 Å². The standard InChI is InChI=1S/C27H27N5O2S/c1-5-24-30-32-25(28)21(26(33)29-27(32)35-24)15-20-18(4)31(22-9-7-6-8-19(20)22)12-13-34-23-14-16(2)10-11-17(23)3/h6-11,14-15,28H,5,12-13H2,1-4H3/b21-15-,28-25?. The first-order valence-corrected chi connectivity index (χ1v) is 12.5. The molecule has 8 heteroatoms. The molecule has 5 rings (SSSR count). The van der Waals surface area contributed by atoms with E-state index in [9.17, 15) is 4.79 Å². The summed E-state index contributed by atoms with van der Waals surface area (Å²) in [5.74, 6) is 0.549. The number of para-hydroxylation sites is 1. The number of fused-ring (bicyclic) bond motifs is 2. The molecule has 0 bridgehead atoms. The maximum absolute atomic E-state index is 12.9. The number of rotatable bonds is 6. The highest BCUT2D eigenvalue weighted by Crippen LogP contribution is 2.32. The van der Waals surface area contributed by atoms with Crippen LogP contribution in [-0.4, -0.2) is 38.1 Å². The lowest BCUT2D eigenvalue weighted by molar-refractivity contribution is -0.114. The molecule has 3 heterocycles. The normalized spacial score (nSPS) is 16.7. The van der Waals surface area contributed by atoms with E-state index in [-0.39, 0.29) is 11.4 Å². The number of amides is 1. The van der Waals surface area contributed by atoms with Gasteiger partial charge in [0.05, 0.1) is 12.1 Å². The zero-order valence-electron chi connectivity index (χ0n) is 20.3. The van der Waals surface area contributed by atoms with Crippen LogP contribution in [0.3, 0.4) is 0 Å². The van der Waals surface area contributed by atoms with Crippen molar-refractivity contribution in [3.8, 4) is 5.75 Å². The van der Waals surface area contributed by atoms with E-state index >= 15 is 0 Å². The SMILES string of the molecule is CCC1=NN2C(=N)/C(=C/c3c(C)n(CCOc4cc(C)ccc4C)c4ccccc34)C(=O)N=C2S1. The molecule has 2 aliphatic heterocycles. The van der Waals surface area contributed by atoms with Crippen molar-refractivity contribution in [3.05, 3.63) is 70.4 Å². The van der Waals surface area contributed by atoms with Crippen molar-refractivity contribution < 1.29 is 9.53 Å².